The number of aryl methyl sites for hydroxylation is 3. The number of nitrogens with one attached hydrogen (secondary N) is 1. The molecule has 0 aromatic heterocycles. The average Bonchev–Trinajstić information content (AvgIpc) is 2.95. The minimum Gasteiger partial charge on any atom is -0.493 e. The highest BCUT2D eigenvalue weighted by atomic mass is 16.5. The Morgan fingerprint density at radius 1 is 1.18 bits per heavy atom. The first-order valence-corrected chi connectivity index (χ1v) is 7.73. The lowest BCUT2D eigenvalue weighted by molar-refractivity contribution is -0.116. The molecule has 0 atom stereocenters. The number of carbonyl (C=O) groups is 1. The van der Waals surface area contributed by atoms with E-state index < -0.39 is 0 Å². The van der Waals surface area contributed by atoms with Crippen LogP contribution in [0.15, 0.2) is 36.4 Å². The zero-order valence-electron chi connectivity index (χ0n) is 13.1. The summed E-state index contributed by atoms with van der Waals surface area (Å²) >= 11 is 0. The zero-order valence-corrected chi connectivity index (χ0v) is 13.1. The molecule has 1 aliphatic rings. The molecule has 2 aromatic carbocycles. The fourth-order valence-corrected chi connectivity index (χ4v) is 2.82. The van der Waals surface area contributed by atoms with Gasteiger partial charge in [-0.25, -0.2) is 0 Å². The van der Waals surface area contributed by atoms with Crippen molar-refractivity contribution in [2.75, 3.05) is 11.9 Å². The third kappa shape index (κ3) is 3.30. The van der Waals surface area contributed by atoms with Crippen molar-refractivity contribution in [2.24, 2.45) is 0 Å². The molecule has 0 radical (unpaired) electrons. The summed E-state index contributed by atoms with van der Waals surface area (Å²) in [4.78, 5) is 12.1. The maximum Gasteiger partial charge on any atom is 0.224 e. The van der Waals surface area contributed by atoms with E-state index in [-0.39, 0.29) is 5.91 Å². The van der Waals surface area contributed by atoms with Crippen LogP contribution in [0.2, 0.25) is 0 Å². The highest BCUT2D eigenvalue weighted by Crippen LogP contribution is 2.26. The first-order valence-electron chi connectivity index (χ1n) is 7.73. The van der Waals surface area contributed by atoms with Gasteiger partial charge in [0.1, 0.15) is 5.75 Å². The van der Waals surface area contributed by atoms with Crippen LogP contribution in [0.4, 0.5) is 5.69 Å². The molecule has 0 unspecified atom stereocenters. The number of amides is 1. The van der Waals surface area contributed by atoms with E-state index in [9.17, 15) is 4.79 Å². The number of fused-ring (bicyclic) bond motifs is 1. The largest absolute Gasteiger partial charge is 0.493 e. The second-order valence-corrected chi connectivity index (χ2v) is 5.91. The lowest BCUT2D eigenvalue weighted by Crippen LogP contribution is -2.13. The molecule has 2 aromatic rings. The quantitative estimate of drug-likeness (QED) is 0.931. The summed E-state index contributed by atoms with van der Waals surface area (Å²) < 4.78 is 5.50. The minimum absolute atomic E-state index is 0.0590. The third-order valence-electron chi connectivity index (χ3n) is 4.05. The standard InChI is InChI=1S/C19H21NO2/c1-13-3-6-17(14(2)11-13)20-19(21)8-5-15-4-7-18-16(12-15)9-10-22-18/h3-4,6-7,11-12H,5,8-10H2,1-2H3,(H,20,21). The van der Waals surface area contributed by atoms with Gasteiger partial charge in [0.2, 0.25) is 5.91 Å². The molecule has 3 heteroatoms. The summed E-state index contributed by atoms with van der Waals surface area (Å²) in [7, 11) is 0. The van der Waals surface area contributed by atoms with Gasteiger partial charge < -0.3 is 10.1 Å². The Labute approximate surface area is 131 Å². The van der Waals surface area contributed by atoms with Crippen molar-refractivity contribution in [3.05, 3.63) is 58.7 Å². The zero-order chi connectivity index (χ0) is 15.5. The van der Waals surface area contributed by atoms with E-state index in [0.29, 0.717) is 6.42 Å². The van der Waals surface area contributed by atoms with Crippen LogP contribution in [-0.2, 0) is 17.6 Å². The number of ether oxygens (including phenoxy) is 1. The van der Waals surface area contributed by atoms with Crippen LogP contribution in [0.25, 0.3) is 0 Å². The monoisotopic (exact) mass is 295 g/mol. The number of hydrogen-bond donors (Lipinski definition) is 1. The maximum absolute atomic E-state index is 12.1. The van der Waals surface area contributed by atoms with E-state index in [1.54, 1.807) is 0 Å². The van der Waals surface area contributed by atoms with Gasteiger partial charge in [0, 0.05) is 18.5 Å². The highest BCUT2D eigenvalue weighted by Gasteiger charge is 2.12. The normalized spacial score (nSPS) is 12.6. The number of hydrogen-bond acceptors (Lipinski definition) is 2. The van der Waals surface area contributed by atoms with E-state index in [1.807, 2.05) is 25.1 Å². The second kappa shape index (κ2) is 6.22. The fourth-order valence-electron chi connectivity index (χ4n) is 2.82. The molecular formula is C19H21NO2. The van der Waals surface area contributed by atoms with E-state index in [4.69, 9.17) is 4.74 Å². The molecule has 0 bridgehead atoms. The Kier molecular flexibility index (Phi) is 4.14. The Bertz CT molecular complexity index is 707. The number of benzene rings is 2. The summed E-state index contributed by atoms with van der Waals surface area (Å²) in [6, 6.07) is 12.3. The van der Waals surface area contributed by atoms with Crippen molar-refractivity contribution in [3.63, 3.8) is 0 Å². The van der Waals surface area contributed by atoms with Crippen molar-refractivity contribution in [1.29, 1.82) is 0 Å². The van der Waals surface area contributed by atoms with Crippen molar-refractivity contribution >= 4 is 11.6 Å². The molecule has 1 amide bonds. The van der Waals surface area contributed by atoms with Gasteiger partial charge in [-0.2, -0.15) is 0 Å². The Hall–Kier alpha value is -2.29. The molecule has 0 saturated heterocycles. The van der Waals surface area contributed by atoms with E-state index in [2.05, 4.69) is 30.4 Å². The maximum atomic E-state index is 12.1. The van der Waals surface area contributed by atoms with Gasteiger partial charge in [0.05, 0.1) is 6.61 Å². The van der Waals surface area contributed by atoms with E-state index in [0.717, 1.165) is 36.4 Å². The third-order valence-corrected chi connectivity index (χ3v) is 4.05. The molecule has 1 heterocycles. The molecule has 114 valence electrons. The number of rotatable bonds is 4. The summed E-state index contributed by atoms with van der Waals surface area (Å²) in [5.41, 5.74) is 5.66. The molecule has 0 spiro atoms. The van der Waals surface area contributed by atoms with Crippen molar-refractivity contribution in [1.82, 2.24) is 0 Å². The van der Waals surface area contributed by atoms with Gasteiger partial charge in [0.25, 0.3) is 0 Å². The molecular weight excluding hydrogens is 274 g/mol. The van der Waals surface area contributed by atoms with Crippen LogP contribution in [0, 0.1) is 13.8 Å². The first kappa shape index (κ1) is 14.6. The predicted molar refractivity (Wildman–Crippen MR) is 88.5 cm³/mol. The van der Waals surface area contributed by atoms with Crippen LogP contribution in [0.1, 0.15) is 28.7 Å². The van der Waals surface area contributed by atoms with Crippen LogP contribution in [0.3, 0.4) is 0 Å². The van der Waals surface area contributed by atoms with Crippen LogP contribution in [0.5, 0.6) is 5.75 Å². The first-order chi connectivity index (χ1) is 10.6. The molecule has 3 nitrogen and oxygen atoms in total. The fraction of sp³-hybridized carbons (Fsp3) is 0.316. The minimum atomic E-state index is 0.0590. The van der Waals surface area contributed by atoms with E-state index in [1.165, 1.54) is 16.7 Å². The molecule has 3 rings (SSSR count). The smallest absolute Gasteiger partial charge is 0.224 e. The highest BCUT2D eigenvalue weighted by molar-refractivity contribution is 5.91. The Balaban J connectivity index is 1.58. The Morgan fingerprint density at radius 2 is 2.05 bits per heavy atom. The lowest BCUT2D eigenvalue weighted by Gasteiger charge is -2.09. The van der Waals surface area contributed by atoms with Crippen molar-refractivity contribution < 1.29 is 9.53 Å². The number of anilines is 1. The number of carbonyl (C=O) groups excluding carboxylic acids is 1. The topological polar surface area (TPSA) is 38.3 Å². The summed E-state index contributed by atoms with van der Waals surface area (Å²) in [6.07, 6.45) is 2.22. The lowest BCUT2D eigenvalue weighted by atomic mass is 10.0. The van der Waals surface area contributed by atoms with Crippen molar-refractivity contribution in [3.8, 4) is 5.75 Å². The van der Waals surface area contributed by atoms with Crippen LogP contribution < -0.4 is 10.1 Å². The van der Waals surface area contributed by atoms with Gasteiger partial charge >= 0.3 is 0 Å². The SMILES string of the molecule is Cc1ccc(NC(=O)CCc2ccc3c(c2)CCO3)c(C)c1. The van der Waals surface area contributed by atoms with Crippen LogP contribution >= 0.6 is 0 Å². The average molecular weight is 295 g/mol. The van der Waals surface area contributed by atoms with Crippen molar-refractivity contribution in [2.45, 2.75) is 33.1 Å². The molecule has 22 heavy (non-hydrogen) atoms. The van der Waals surface area contributed by atoms with Gasteiger partial charge in [-0.15, -0.1) is 0 Å². The Morgan fingerprint density at radius 3 is 2.86 bits per heavy atom. The second-order valence-electron chi connectivity index (χ2n) is 5.91. The molecule has 1 aliphatic heterocycles. The van der Waals surface area contributed by atoms with Crippen LogP contribution in [-0.4, -0.2) is 12.5 Å². The summed E-state index contributed by atoms with van der Waals surface area (Å²) in [6.45, 7) is 4.84. The van der Waals surface area contributed by atoms with Gasteiger partial charge in [-0.3, -0.25) is 4.79 Å². The van der Waals surface area contributed by atoms with Gasteiger partial charge in [-0.1, -0.05) is 29.8 Å². The molecule has 0 fully saturated rings. The summed E-state index contributed by atoms with van der Waals surface area (Å²) in [5, 5.41) is 3.00. The molecule has 0 aliphatic carbocycles. The van der Waals surface area contributed by atoms with E-state index >= 15 is 0 Å². The van der Waals surface area contributed by atoms with Gasteiger partial charge in [0.15, 0.2) is 0 Å². The molecule has 1 N–H and O–H groups in total. The molecule has 0 saturated carbocycles. The predicted octanol–water partition coefficient (Wildman–Crippen LogP) is 3.81. The summed E-state index contributed by atoms with van der Waals surface area (Å²) in [5.74, 6) is 1.05. The van der Waals surface area contributed by atoms with Gasteiger partial charge in [-0.05, 0) is 49.1 Å².